The van der Waals surface area contributed by atoms with Gasteiger partial charge in [-0.15, -0.1) is 0 Å². The highest BCUT2D eigenvalue weighted by molar-refractivity contribution is 6.22. The van der Waals surface area contributed by atoms with Gasteiger partial charge in [-0.3, -0.25) is 19.3 Å². The van der Waals surface area contributed by atoms with Gasteiger partial charge < -0.3 is 9.47 Å². The number of carbonyl (C=O) groups is 4. The van der Waals surface area contributed by atoms with Crippen LogP contribution in [0.3, 0.4) is 0 Å². The molecule has 1 aliphatic rings. The van der Waals surface area contributed by atoms with Crippen LogP contribution in [-0.4, -0.2) is 54.8 Å². The van der Waals surface area contributed by atoms with Gasteiger partial charge in [-0.1, -0.05) is 29.8 Å². The summed E-state index contributed by atoms with van der Waals surface area (Å²) in [6.07, 6.45) is -0.466. The van der Waals surface area contributed by atoms with Crippen molar-refractivity contribution in [3.05, 3.63) is 70.3 Å². The summed E-state index contributed by atoms with van der Waals surface area (Å²) >= 11 is 0. The highest BCUT2D eigenvalue weighted by Gasteiger charge is 2.36. The average Bonchev–Trinajstić information content (AvgIpc) is 2.98. The topological polar surface area (TPSA) is 90.0 Å². The summed E-state index contributed by atoms with van der Waals surface area (Å²) < 4.78 is 10.3. The molecule has 156 valence electrons. The molecule has 0 aromatic heterocycles. The van der Waals surface area contributed by atoms with Crippen molar-refractivity contribution in [1.82, 2.24) is 4.90 Å². The number of methoxy groups -OCH3 is 1. The first-order valence-electron chi connectivity index (χ1n) is 9.64. The zero-order valence-corrected chi connectivity index (χ0v) is 17.1. The average molecular weight is 409 g/mol. The molecule has 7 heteroatoms. The number of carbonyl (C=O) groups excluding carboxylic acids is 4. The number of hydrogen-bond donors (Lipinski definition) is 0. The minimum absolute atomic E-state index is 0.109. The molecule has 1 aliphatic heterocycles. The summed E-state index contributed by atoms with van der Waals surface area (Å²) in [5.41, 5.74) is 1.98. The Morgan fingerprint density at radius 1 is 0.967 bits per heavy atom. The van der Waals surface area contributed by atoms with Crippen LogP contribution in [0.2, 0.25) is 0 Å². The van der Waals surface area contributed by atoms with E-state index >= 15 is 0 Å². The van der Waals surface area contributed by atoms with E-state index in [0.29, 0.717) is 18.6 Å². The third-order valence-electron chi connectivity index (χ3n) is 4.93. The lowest BCUT2D eigenvalue weighted by atomic mass is 10.0. The molecule has 0 saturated carbocycles. The van der Waals surface area contributed by atoms with Crippen LogP contribution in [0.15, 0.2) is 42.5 Å². The van der Waals surface area contributed by atoms with Crippen LogP contribution in [0.5, 0.6) is 0 Å². The molecule has 0 unspecified atom stereocenters. The van der Waals surface area contributed by atoms with E-state index in [9.17, 15) is 19.2 Å². The van der Waals surface area contributed by atoms with Gasteiger partial charge in [-0.25, -0.2) is 4.79 Å². The molecular formula is C23H23NO6. The zero-order chi connectivity index (χ0) is 21.8. The van der Waals surface area contributed by atoms with E-state index in [1.807, 2.05) is 19.1 Å². The van der Waals surface area contributed by atoms with Gasteiger partial charge >= 0.3 is 5.97 Å². The van der Waals surface area contributed by atoms with E-state index in [1.54, 1.807) is 19.2 Å². The Kier molecular flexibility index (Phi) is 6.42. The lowest BCUT2D eigenvalue weighted by Gasteiger charge is -2.13. The molecule has 0 saturated heterocycles. The second-order valence-corrected chi connectivity index (χ2v) is 7.15. The van der Waals surface area contributed by atoms with Gasteiger partial charge in [-0.2, -0.15) is 0 Å². The maximum atomic E-state index is 12.6. The van der Waals surface area contributed by atoms with Gasteiger partial charge in [-0.05, 0) is 38.5 Å². The van der Waals surface area contributed by atoms with E-state index in [4.69, 9.17) is 9.47 Å². The standard InChI is InChI=1S/C23H23NO6/c1-14-5-7-16(8-6-14)20(25)15(2)30-23(28)17-9-10-18-19(13-17)22(27)24(21(18)26)11-4-12-29-3/h5-10,13,15H,4,11-12H2,1-3H3/t15-/m1/s1. The number of amides is 2. The van der Waals surface area contributed by atoms with Crippen molar-refractivity contribution in [3.8, 4) is 0 Å². The minimum atomic E-state index is -0.990. The van der Waals surface area contributed by atoms with Crippen LogP contribution in [-0.2, 0) is 9.47 Å². The monoisotopic (exact) mass is 409 g/mol. The fourth-order valence-corrected chi connectivity index (χ4v) is 3.22. The largest absolute Gasteiger partial charge is 0.451 e. The Hall–Kier alpha value is -3.32. The maximum absolute atomic E-state index is 12.6. The SMILES string of the molecule is COCCCN1C(=O)c2ccc(C(=O)O[C@H](C)C(=O)c3ccc(C)cc3)cc2C1=O. The normalized spacial score (nSPS) is 13.9. The van der Waals surface area contributed by atoms with Gasteiger partial charge in [0.1, 0.15) is 0 Å². The van der Waals surface area contributed by atoms with E-state index in [2.05, 4.69) is 0 Å². The summed E-state index contributed by atoms with van der Waals surface area (Å²) in [6.45, 7) is 4.08. The fraction of sp³-hybridized carbons (Fsp3) is 0.304. The van der Waals surface area contributed by atoms with Crippen molar-refractivity contribution >= 4 is 23.6 Å². The number of aryl methyl sites for hydroxylation is 1. The Labute approximate surface area is 174 Å². The van der Waals surface area contributed by atoms with Crippen molar-refractivity contribution in [2.75, 3.05) is 20.3 Å². The van der Waals surface area contributed by atoms with Crippen molar-refractivity contribution in [1.29, 1.82) is 0 Å². The molecule has 0 fully saturated rings. The first-order valence-corrected chi connectivity index (χ1v) is 9.64. The van der Waals surface area contributed by atoms with Crippen LogP contribution in [0.4, 0.5) is 0 Å². The summed E-state index contributed by atoms with van der Waals surface area (Å²) in [4.78, 5) is 51.2. The number of esters is 1. The summed E-state index contributed by atoms with van der Waals surface area (Å²) in [5.74, 6) is -1.90. The Morgan fingerprint density at radius 2 is 1.60 bits per heavy atom. The number of nitrogens with zero attached hydrogens (tertiary/aromatic N) is 1. The number of ether oxygens (including phenoxy) is 2. The smallest absolute Gasteiger partial charge is 0.338 e. The molecule has 30 heavy (non-hydrogen) atoms. The molecule has 0 bridgehead atoms. The van der Waals surface area contributed by atoms with Crippen LogP contribution in [0, 0.1) is 6.92 Å². The molecule has 2 aromatic carbocycles. The van der Waals surface area contributed by atoms with Crippen LogP contribution in [0.1, 0.15) is 60.3 Å². The predicted molar refractivity (Wildman–Crippen MR) is 109 cm³/mol. The third kappa shape index (κ3) is 4.31. The number of rotatable bonds is 8. The van der Waals surface area contributed by atoms with E-state index in [0.717, 1.165) is 10.5 Å². The number of benzene rings is 2. The van der Waals surface area contributed by atoms with E-state index in [-0.39, 0.29) is 29.0 Å². The summed E-state index contributed by atoms with van der Waals surface area (Å²) in [7, 11) is 1.55. The Bertz CT molecular complexity index is 995. The Balaban J connectivity index is 1.71. The number of Topliss-reactive ketones (excluding diaryl/α,β-unsaturated/α-hetero) is 1. The molecule has 2 aromatic rings. The third-order valence-corrected chi connectivity index (χ3v) is 4.93. The molecular weight excluding hydrogens is 386 g/mol. The van der Waals surface area contributed by atoms with Crippen molar-refractivity contribution < 1.29 is 28.7 Å². The molecule has 1 heterocycles. The quantitative estimate of drug-likeness (QED) is 0.288. The maximum Gasteiger partial charge on any atom is 0.338 e. The number of fused-ring (bicyclic) bond motifs is 1. The number of imide groups is 1. The first-order chi connectivity index (χ1) is 14.3. The lowest BCUT2D eigenvalue weighted by Crippen LogP contribution is -2.31. The summed E-state index contributed by atoms with van der Waals surface area (Å²) in [6, 6.07) is 11.2. The molecule has 2 amide bonds. The van der Waals surface area contributed by atoms with Gasteiger partial charge in [0.2, 0.25) is 5.78 Å². The predicted octanol–water partition coefficient (Wildman–Crippen LogP) is 3.06. The molecule has 7 nitrogen and oxygen atoms in total. The second-order valence-electron chi connectivity index (χ2n) is 7.15. The van der Waals surface area contributed by atoms with Gasteiger partial charge in [0.05, 0.1) is 16.7 Å². The second kappa shape index (κ2) is 9.00. The van der Waals surface area contributed by atoms with Crippen LogP contribution < -0.4 is 0 Å². The molecule has 0 N–H and O–H groups in total. The van der Waals surface area contributed by atoms with Gasteiger partial charge in [0.25, 0.3) is 11.8 Å². The van der Waals surface area contributed by atoms with Crippen LogP contribution >= 0.6 is 0 Å². The van der Waals surface area contributed by atoms with Crippen molar-refractivity contribution in [3.63, 3.8) is 0 Å². The molecule has 0 spiro atoms. The molecule has 0 radical (unpaired) electrons. The highest BCUT2D eigenvalue weighted by atomic mass is 16.5. The van der Waals surface area contributed by atoms with Crippen molar-refractivity contribution in [2.24, 2.45) is 0 Å². The van der Waals surface area contributed by atoms with E-state index in [1.165, 1.54) is 25.1 Å². The zero-order valence-electron chi connectivity index (χ0n) is 17.1. The van der Waals surface area contributed by atoms with Crippen LogP contribution in [0.25, 0.3) is 0 Å². The van der Waals surface area contributed by atoms with Gasteiger partial charge in [0.15, 0.2) is 6.10 Å². The van der Waals surface area contributed by atoms with Gasteiger partial charge in [0, 0.05) is 25.8 Å². The Morgan fingerprint density at radius 3 is 2.27 bits per heavy atom. The fourth-order valence-electron chi connectivity index (χ4n) is 3.22. The molecule has 0 aliphatic carbocycles. The number of ketones is 1. The molecule has 1 atom stereocenters. The first kappa shape index (κ1) is 21.4. The van der Waals surface area contributed by atoms with E-state index < -0.39 is 23.9 Å². The summed E-state index contributed by atoms with van der Waals surface area (Å²) in [5, 5.41) is 0. The molecule has 3 rings (SSSR count). The number of hydrogen-bond acceptors (Lipinski definition) is 6. The van der Waals surface area contributed by atoms with Crippen molar-refractivity contribution in [2.45, 2.75) is 26.4 Å². The lowest BCUT2D eigenvalue weighted by molar-refractivity contribution is 0.0318. The minimum Gasteiger partial charge on any atom is -0.451 e. The highest BCUT2D eigenvalue weighted by Crippen LogP contribution is 2.25.